The lowest BCUT2D eigenvalue weighted by atomic mass is 9.84. The Morgan fingerprint density at radius 3 is 2.76 bits per heavy atom. The molecule has 2 aromatic heterocycles. The summed E-state index contributed by atoms with van der Waals surface area (Å²) in [4.78, 5) is 4.84. The van der Waals surface area contributed by atoms with Crippen molar-refractivity contribution in [3.05, 3.63) is 34.8 Å². The molecule has 0 saturated carbocycles. The lowest BCUT2D eigenvalue weighted by Gasteiger charge is -2.24. The summed E-state index contributed by atoms with van der Waals surface area (Å²) in [6.07, 6.45) is 2.42. The second-order valence-electron chi connectivity index (χ2n) is 5.76. The first-order valence-electron chi connectivity index (χ1n) is 6.54. The Kier molecular flexibility index (Phi) is 2.29. The minimum absolute atomic E-state index is 0.630. The number of hydrogen-bond acceptors (Lipinski definition) is 1. The van der Waals surface area contributed by atoms with Crippen molar-refractivity contribution in [2.75, 3.05) is 0 Å². The van der Waals surface area contributed by atoms with Crippen LogP contribution >= 0.6 is 0 Å². The van der Waals surface area contributed by atoms with Gasteiger partial charge in [0.05, 0.1) is 5.69 Å². The second kappa shape index (κ2) is 3.59. The van der Waals surface area contributed by atoms with Crippen molar-refractivity contribution in [1.29, 1.82) is 0 Å². The van der Waals surface area contributed by atoms with Gasteiger partial charge >= 0.3 is 0 Å². The molecule has 0 aromatic carbocycles. The Balaban J connectivity index is 2.32. The molecular weight excluding hydrogens is 208 g/mol. The maximum absolute atomic E-state index is 4.84. The topological polar surface area (TPSA) is 17.3 Å². The van der Waals surface area contributed by atoms with Gasteiger partial charge in [0.25, 0.3) is 0 Å². The Hall–Kier alpha value is -1.31. The highest BCUT2D eigenvalue weighted by Crippen LogP contribution is 2.35. The fourth-order valence-electron chi connectivity index (χ4n) is 3.39. The van der Waals surface area contributed by atoms with Crippen molar-refractivity contribution in [3.63, 3.8) is 0 Å². The van der Waals surface area contributed by atoms with E-state index in [9.17, 15) is 0 Å². The molecule has 2 unspecified atom stereocenters. The molecule has 2 heteroatoms. The molecule has 3 rings (SSSR count). The molecule has 0 N–H and O–H groups in total. The highest BCUT2D eigenvalue weighted by Gasteiger charge is 2.26. The van der Waals surface area contributed by atoms with Gasteiger partial charge in [-0.3, -0.25) is 0 Å². The number of pyridine rings is 1. The van der Waals surface area contributed by atoms with Crippen molar-refractivity contribution in [2.45, 2.75) is 46.5 Å². The average molecular weight is 228 g/mol. The molecule has 0 bridgehead atoms. The third-order valence-corrected chi connectivity index (χ3v) is 3.93. The van der Waals surface area contributed by atoms with E-state index in [1.165, 1.54) is 29.1 Å². The summed E-state index contributed by atoms with van der Waals surface area (Å²) in [6.45, 7) is 9.00. The minimum atomic E-state index is 0.630. The van der Waals surface area contributed by atoms with Gasteiger partial charge in [-0.05, 0) is 56.2 Å². The first kappa shape index (κ1) is 10.8. The van der Waals surface area contributed by atoms with Crippen molar-refractivity contribution in [2.24, 2.45) is 5.92 Å². The van der Waals surface area contributed by atoms with Crippen LogP contribution < -0.4 is 0 Å². The van der Waals surface area contributed by atoms with Crippen molar-refractivity contribution >= 4 is 5.65 Å². The van der Waals surface area contributed by atoms with Crippen molar-refractivity contribution in [1.82, 2.24) is 9.38 Å². The van der Waals surface area contributed by atoms with E-state index < -0.39 is 0 Å². The lowest BCUT2D eigenvalue weighted by Crippen LogP contribution is -2.16. The number of imidazole rings is 1. The van der Waals surface area contributed by atoms with Crippen LogP contribution in [-0.2, 0) is 6.42 Å². The average Bonchev–Trinajstić information content (AvgIpc) is 2.55. The van der Waals surface area contributed by atoms with Gasteiger partial charge in [0.2, 0.25) is 0 Å². The van der Waals surface area contributed by atoms with Crippen LogP contribution in [0.1, 0.15) is 48.8 Å². The number of aromatic nitrogens is 2. The first-order valence-corrected chi connectivity index (χ1v) is 6.54. The molecular formula is C15H20N2. The van der Waals surface area contributed by atoms with Crippen LogP contribution in [0.25, 0.3) is 5.65 Å². The van der Waals surface area contributed by atoms with Crippen LogP contribution in [0.3, 0.4) is 0 Å². The van der Waals surface area contributed by atoms with E-state index in [2.05, 4.69) is 44.2 Å². The molecule has 90 valence electrons. The molecule has 2 atom stereocenters. The predicted molar refractivity (Wildman–Crippen MR) is 70.6 cm³/mol. The van der Waals surface area contributed by atoms with Crippen LogP contribution in [0, 0.1) is 19.8 Å². The van der Waals surface area contributed by atoms with E-state index in [4.69, 9.17) is 4.98 Å². The van der Waals surface area contributed by atoms with E-state index in [1.807, 2.05) is 0 Å². The number of rotatable bonds is 0. The summed E-state index contributed by atoms with van der Waals surface area (Å²) < 4.78 is 2.36. The molecule has 0 spiro atoms. The van der Waals surface area contributed by atoms with Gasteiger partial charge in [0.1, 0.15) is 5.65 Å². The Morgan fingerprint density at radius 1 is 1.24 bits per heavy atom. The highest BCUT2D eigenvalue weighted by molar-refractivity contribution is 5.49. The zero-order chi connectivity index (χ0) is 12.2. The van der Waals surface area contributed by atoms with Gasteiger partial charge in [-0.1, -0.05) is 13.8 Å². The Bertz CT molecular complexity index is 580. The molecule has 2 heterocycles. The maximum atomic E-state index is 4.84. The smallest absolute Gasteiger partial charge is 0.137 e. The third-order valence-electron chi connectivity index (χ3n) is 3.93. The second-order valence-corrected chi connectivity index (χ2v) is 5.76. The zero-order valence-electron chi connectivity index (χ0n) is 11.1. The summed E-state index contributed by atoms with van der Waals surface area (Å²) in [5.74, 6) is 1.40. The molecule has 1 aliphatic carbocycles. The van der Waals surface area contributed by atoms with Gasteiger partial charge in [0, 0.05) is 11.4 Å². The van der Waals surface area contributed by atoms with Crippen molar-refractivity contribution < 1.29 is 0 Å². The summed E-state index contributed by atoms with van der Waals surface area (Å²) in [7, 11) is 0. The Morgan fingerprint density at radius 2 is 2.00 bits per heavy atom. The van der Waals surface area contributed by atoms with Crippen LogP contribution in [0.5, 0.6) is 0 Å². The molecule has 0 saturated heterocycles. The summed E-state index contributed by atoms with van der Waals surface area (Å²) in [5.41, 5.74) is 6.53. The fourth-order valence-corrected chi connectivity index (χ4v) is 3.39. The van der Waals surface area contributed by atoms with Gasteiger partial charge in [-0.25, -0.2) is 4.98 Å². The van der Waals surface area contributed by atoms with Gasteiger partial charge in [0.15, 0.2) is 0 Å². The van der Waals surface area contributed by atoms with Crippen molar-refractivity contribution in [3.8, 4) is 0 Å². The third kappa shape index (κ3) is 1.58. The zero-order valence-corrected chi connectivity index (χ0v) is 11.1. The van der Waals surface area contributed by atoms with E-state index >= 15 is 0 Å². The molecule has 0 radical (unpaired) electrons. The van der Waals surface area contributed by atoms with Crippen LogP contribution in [-0.4, -0.2) is 9.38 Å². The lowest BCUT2D eigenvalue weighted by molar-refractivity contribution is 0.437. The van der Waals surface area contributed by atoms with Gasteiger partial charge < -0.3 is 4.40 Å². The minimum Gasteiger partial charge on any atom is -0.301 e. The quantitative estimate of drug-likeness (QED) is 0.673. The molecule has 2 nitrogen and oxygen atoms in total. The van der Waals surface area contributed by atoms with Crippen LogP contribution in [0.2, 0.25) is 0 Å². The molecule has 1 aliphatic rings. The van der Waals surface area contributed by atoms with E-state index in [1.54, 1.807) is 0 Å². The van der Waals surface area contributed by atoms with Gasteiger partial charge in [-0.2, -0.15) is 0 Å². The number of fused-ring (bicyclic) bond motifs is 3. The predicted octanol–water partition coefficient (Wildman–Crippen LogP) is 3.64. The summed E-state index contributed by atoms with van der Waals surface area (Å²) >= 11 is 0. The molecule has 2 aromatic rings. The number of hydrogen-bond donors (Lipinski definition) is 0. The highest BCUT2D eigenvalue weighted by atomic mass is 15.0. The molecule has 0 aliphatic heterocycles. The largest absolute Gasteiger partial charge is 0.301 e. The van der Waals surface area contributed by atoms with Crippen LogP contribution in [0.4, 0.5) is 0 Å². The van der Waals surface area contributed by atoms with E-state index in [-0.39, 0.29) is 0 Å². The van der Waals surface area contributed by atoms with Gasteiger partial charge in [-0.15, -0.1) is 0 Å². The fraction of sp³-hybridized carbons (Fsp3) is 0.533. The number of nitrogens with zero attached hydrogens (tertiary/aromatic N) is 2. The molecule has 0 amide bonds. The summed E-state index contributed by atoms with van der Waals surface area (Å²) in [6, 6.07) is 4.45. The maximum Gasteiger partial charge on any atom is 0.137 e. The monoisotopic (exact) mass is 228 g/mol. The molecule has 17 heavy (non-hydrogen) atoms. The SMILES string of the molecule is Cc1cc(C)n2c3c(nc2c1)CC(C)CC3C. The molecule has 0 fully saturated rings. The van der Waals surface area contributed by atoms with E-state index in [0.717, 1.165) is 18.0 Å². The Labute approximate surface area is 103 Å². The standard InChI is InChI=1S/C15H20N2/c1-9-5-11(3)15-13(7-9)16-14-8-10(2)6-12(4)17(14)15/h6,8-9,11H,5,7H2,1-4H3. The van der Waals surface area contributed by atoms with E-state index in [0.29, 0.717) is 5.92 Å². The normalized spacial score (nSPS) is 24.0. The number of aryl methyl sites for hydroxylation is 2. The first-order chi connectivity index (χ1) is 8.06. The van der Waals surface area contributed by atoms with Crippen LogP contribution in [0.15, 0.2) is 12.1 Å². The summed E-state index contributed by atoms with van der Waals surface area (Å²) in [5, 5.41) is 0.